The lowest BCUT2D eigenvalue weighted by Crippen LogP contribution is -2.26. The first-order valence-electron chi connectivity index (χ1n) is 9.25. The number of hydrogen-bond acceptors (Lipinski definition) is 4. The van der Waals surface area contributed by atoms with Gasteiger partial charge in [0.1, 0.15) is 5.82 Å². The number of halogens is 1. The molecule has 1 heterocycles. The standard InChI is InChI=1S/C22H18FN3O3S2/c1-25-19-13-10-16(23)14-20(19)30-22(25)24-21(27)15-8-11-18(12-9-15)31(28,29)26(2)17-6-4-3-5-7-17/h3-14H,1-2H3. The summed E-state index contributed by atoms with van der Waals surface area (Å²) < 4.78 is 42.8. The topological polar surface area (TPSA) is 71.7 Å². The Morgan fingerprint density at radius 1 is 1.03 bits per heavy atom. The number of aryl methyl sites for hydroxylation is 1. The van der Waals surface area contributed by atoms with Crippen LogP contribution in [0.15, 0.2) is 82.7 Å². The highest BCUT2D eigenvalue weighted by Crippen LogP contribution is 2.22. The van der Waals surface area contributed by atoms with Gasteiger partial charge in [-0.1, -0.05) is 29.5 Å². The van der Waals surface area contributed by atoms with Gasteiger partial charge in [0.2, 0.25) is 0 Å². The summed E-state index contributed by atoms with van der Waals surface area (Å²) in [6.45, 7) is 0. The molecule has 0 aliphatic heterocycles. The summed E-state index contributed by atoms with van der Waals surface area (Å²) in [5.74, 6) is -0.868. The molecule has 0 N–H and O–H groups in total. The average molecular weight is 456 g/mol. The van der Waals surface area contributed by atoms with Gasteiger partial charge in [0.15, 0.2) is 4.80 Å². The molecule has 0 saturated carbocycles. The van der Waals surface area contributed by atoms with Crippen LogP contribution in [0.2, 0.25) is 0 Å². The van der Waals surface area contributed by atoms with Crippen molar-refractivity contribution in [3.63, 3.8) is 0 Å². The van der Waals surface area contributed by atoms with Crippen LogP contribution in [0, 0.1) is 5.82 Å². The van der Waals surface area contributed by atoms with Crippen LogP contribution in [0.3, 0.4) is 0 Å². The number of fused-ring (bicyclic) bond motifs is 1. The number of aromatic nitrogens is 1. The molecular formula is C22H18FN3O3S2. The van der Waals surface area contributed by atoms with E-state index in [2.05, 4.69) is 4.99 Å². The van der Waals surface area contributed by atoms with Gasteiger partial charge in [-0.15, -0.1) is 0 Å². The number of hydrogen-bond donors (Lipinski definition) is 0. The molecule has 0 spiro atoms. The number of amides is 1. The molecular weight excluding hydrogens is 437 g/mol. The molecule has 0 fully saturated rings. The number of carbonyl (C=O) groups excluding carboxylic acids is 1. The van der Waals surface area contributed by atoms with Gasteiger partial charge in [0.25, 0.3) is 15.9 Å². The quantitative estimate of drug-likeness (QED) is 0.468. The minimum Gasteiger partial charge on any atom is -0.319 e. The molecule has 1 aromatic heterocycles. The first-order valence-corrected chi connectivity index (χ1v) is 11.5. The highest BCUT2D eigenvalue weighted by Gasteiger charge is 2.21. The van der Waals surface area contributed by atoms with Gasteiger partial charge < -0.3 is 4.57 Å². The van der Waals surface area contributed by atoms with Crippen LogP contribution in [-0.4, -0.2) is 25.9 Å². The van der Waals surface area contributed by atoms with Crippen LogP contribution in [0.5, 0.6) is 0 Å². The second-order valence-corrected chi connectivity index (χ2v) is 9.78. The number of benzene rings is 3. The van der Waals surface area contributed by atoms with E-state index >= 15 is 0 Å². The van der Waals surface area contributed by atoms with Crippen molar-refractivity contribution in [1.29, 1.82) is 0 Å². The summed E-state index contributed by atoms with van der Waals surface area (Å²) in [5.41, 5.74) is 1.56. The van der Waals surface area contributed by atoms with Crippen molar-refractivity contribution in [2.24, 2.45) is 12.0 Å². The van der Waals surface area contributed by atoms with Gasteiger partial charge in [-0.3, -0.25) is 9.10 Å². The average Bonchev–Trinajstić information content (AvgIpc) is 3.08. The lowest BCUT2D eigenvalue weighted by Gasteiger charge is -2.19. The molecule has 0 unspecified atom stereocenters. The Bertz CT molecular complexity index is 1440. The van der Waals surface area contributed by atoms with Crippen LogP contribution in [0.1, 0.15) is 10.4 Å². The molecule has 158 valence electrons. The van der Waals surface area contributed by atoms with Crippen LogP contribution in [-0.2, 0) is 17.1 Å². The summed E-state index contributed by atoms with van der Waals surface area (Å²) in [4.78, 5) is 17.2. The predicted molar refractivity (Wildman–Crippen MR) is 119 cm³/mol. The zero-order valence-corrected chi connectivity index (χ0v) is 18.3. The third-order valence-electron chi connectivity index (χ3n) is 4.85. The largest absolute Gasteiger partial charge is 0.319 e. The number of anilines is 1. The molecule has 3 aromatic carbocycles. The third-order valence-corrected chi connectivity index (χ3v) is 7.74. The van der Waals surface area contributed by atoms with Crippen molar-refractivity contribution in [1.82, 2.24) is 4.57 Å². The van der Waals surface area contributed by atoms with E-state index in [9.17, 15) is 17.6 Å². The zero-order chi connectivity index (χ0) is 22.2. The molecule has 0 radical (unpaired) electrons. The lowest BCUT2D eigenvalue weighted by atomic mass is 10.2. The monoisotopic (exact) mass is 455 g/mol. The SMILES string of the molecule is CN(c1ccccc1)S(=O)(=O)c1ccc(C(=O)N=c2sc3cc(F)ccc3n2C)cc1. The maximum absolute atomic E-state index is 13.5. The maximum atomic E-state index is 13.5. The third kappa shape index (κ3) is 4.01. The molecule has 0 bridgehead atoms. The van der Waals surface area contributed by atoms with Crippen molar-refractivity contribution in [3.8, 4) is 0 Å². The van der Waals surface area contributed by atoms with Crippen molar-refractivity contribution in [2.45, 2.75) is 4.90 Å². The Hall–Kier alpha value is -3.30. The predicted octanol–water partition coefficient (Wildman–Crippen LogP) is 3.95. The Kier molecular flexibility index (Phi) is 5.47. The highest BCUT2D eigenvalue weighted by atomic mass is 32.2. The molecule has 0 aliphatic carbocycles. The Morgan fingerprint density at radius 2 is 1.71 bits per heavy atom. The first-order chi connectivity index (χ1) is 14.8. The molecule has 6 nitrogen and oxygen atoms in total. The van der Waals surface area contributed by atoms with E-state index in [1.165, 1.54) is 59.1 Å². The summed E-state index contributed by atoms with van der Waals surface area (Å²) in [5, 5.41) is 0. The molecule has 0 aliphatic rings. The normalized spacial score (nSPS) is 12.3. The summed E-state index contributed by atoms with van der Waals surface area (Å²) in [6, 6.07) is 18.7. The number of rotatable bonds is 4. The van der Waals surface area contributed by atoms with Gasteiger partial charge in [0.05, 0.1) is 20.8 Å². The Balaban J connectivity index is 1.63. The van der Waals surface area contributed by atoms with E-state index in [-0.39, 0.29) is 16.3 Å². The van der Waals surface area contributed by atoms with E-state index in [1.807, 2.05) is 0 Å². The summed E-state index contributed by atoms with van der Waals surface area (Å²) in [6.07, 6.45) is 0. The first kappa shape index (κ1) is 21.0. The molecule has 4 aromatic rings. The molecule has 0 atom stereocenters. The second-order valence-electron chi connectivity index (χ2n) is 6.81. The van der Waals surface area contributed by atoms with E-state index in [0.29, 0.717) is 15.2 Å². The number of carbonyl (C=O) groups is 1. The van der Waals surface area contributed by atoms with E-state index < -0.39 is 15.9 Å². The number of nitrogens with zero attached hydrogens (tertiary/aromatic N) is 3. The second kappa shape index (κ2) is 8.09. The zero-order valence-electron chi connectivity index (χ0n) is 16.7. The highest BCUT2D eigenvalue weighted by molar-refractivity contribution is 7.92. The fourth-order valence-electron chi connectivity index (χ4n) is 3.07. The van der Waals surface area contributed by atoms with Crippen molar-refractivity contribution in [2.75, 3.05) is 11.4 Å². The van der Waals surface area contributed by atoms with Crippen LogP contribution < -0.4 is 9.11 Å². The van der Waals surface area contributed by atoms with E-state index in [1.54, 1.807) is 48.0 Å². The molecule has 0 saturated heterocycles. The van der Waals surface area contributed by atoms with Crippen LogP contribution in [0.4, 0.5) is 10.1 Å². The van der Waals surface area contributed by atoms with Crippen molar-refractivity contribution >= 4 is 43.2 Å². The summed E-state index contributed by atoms with van der Waals surface area (Å²) >= 11 is 1.20. The molecule has 4 rings (SSSR count). The lowest BCUT2D eigenvalue weighted by molar-refractivity contribution is 0.0998. The smallest absolute Gasteiger partial charge is 0.279 e. The molecule has 31 heavy (non-hydrogen) atoms. The molecule has 1 amide bonds. The van der Waals surface area contributed by atoms with Gasteiger partial charge in [0, 0.05) is 19.7 Å². The van der Waals surface area contributed by atoms with Crippen molar-refractivity contribution in [3.05, 3.63) is 89.0 Å². The minimum atomic E-state index is -3.77. The van der Waals surface area contributed by atoms with E-state index in [0.717, 1.165) is 5.52 Å². The number of para-hydroxylation sites is 1. The van der Waals surface area contributed by atoms with Crippen LogP contribution in [0.25, 0.3) is 10.2 Å². The Morgan fingerprint density at radius 3 is 2.39 bits per heavy atom. The van der Waals surface area contributed by atoms with Gasteiger partial charge in [-0.2, -0.15) is 4.99 Å². The van der Waals surface area contributed by atoms with Gasteiger partial charge in [-0.05, 0) is 54.6 Å². The maximum Gasteiger partial charge on any atom is 0.279 e. The minimum absolute atomic E-state index is 0.0679. The van der Waals surface area contributed by atoms with Crippen LogP contribution >= 0.6 is 11.3 Å². The van der Waals surface area contributed by atoms with Crippen molar-refractivity contribution < 1.29 is 17.6 Å². The molecule has 9 heteroatoms. The van der Waals surface area contributed by atoms with Gasteiger partial charge in [-0.25, -0.2) is 12.8 Å². The van der Waals surface area contributed by atoms with Gasteiger partial charge >= 0.3 is 0 Å². The Labute approximate surface area is 182 Å². The fraction of sp³-hybridized carbons (Fsp3) is 0.0909. The number of thiazole rings is 1. The fourth-order valence-corrected chi connectivity index (χ4v) is 5.31. The van der Waals surface area contributed by atoms with E-state index in [4.69, 9.17) is 0 Å². The summed E-state index contributed by atoms with van der Waals surface area (Å²) in [7, 11) is -0.544. The number of sulfonamides is 1.